The molecule has 0 aliphatic heterocycles. The van der Waals surface area contributed by atoms with E-state index in [9.17, 15) is 0 Å². The molecule has 0 aliphatic carbocycles. The molecule has 0 bridgehead atoms. The van der Waals surface area contributed by atoms with Crippen molar-refractivity contribution >= 4 is 16.7 Å². The molecule has 0 aliphatic rings. The van der Waals surface area contributed by atoms with Crippen LogP contribution in [0.1, 0.15) is 5.82 Å². The summed E-state index contributed by atoms with van der Waals surface area (Å²) in [5.41, 5.74) is 2.37. The third-order valence-electron chi connectivity index (χ3n) is 3.63. The first-order chi connectivity index (χ1) is 11.3. The highest BCUT2D eigenvalue weighted by Gasteiger charge is 2.14. The molecule has 0 fully saturated rings. The predicted molar refractivity (Wildman–Crippen MR) is 86.1 cm³/mol. The summed E-state index contributed by atoms with van der Waals surface area (Å²) in [7, 11) is 1.63. The Bertz CT molecular complexity index is 993. The first kappa shape index (κ1) is 13.5. The molecule has 4 aromatic rings. The largest absolute Gasteiger partial charge is 0.497 e. The Morgan fingerprint density at radius 3 is 2.43 bits per heavy atom. The van der Waals surface area contributed by atoms with Crippen LogP contribution in [0.15, 0.2) is 48.5 Å². The lowest BCUT2D eigenvalue weighted by molar-refractivity contribution is 0.412. The van der Waals surface area contributed by atoms with E-state index in [0.29, 0.717) is 17.3 Å². The van der Waals surface area contributed by atoms with Crippen molar-refractivity contribution in [3.63, 3.8) is 0 Å². The Morgan fingerprint density at radius 1 is 0.913 bits per heavy atom. The Balaban J connectivity index is 1.87. The maximum atomic E-state index is 5.92. The Kier molecular flexibility index (Phi) is 3.08. The van der Waals surface area contributed by atoms with Crippen LogP contribution in [0.2, 0.25) is 0 Å². The normalized spacial score (nSPS) is 11.0. The van der Waals surface area contributed by atoms with Crippen LogP contribution >= 0.6 is 0 Å². The molecule has 0 saturated carbocycles. The number of fused-ring (bicyclic) bond motifs is 3. The minimum absolute atomic E-state index is 0.425. The molecule has 0 unspecified atom stereocenters. The summed E-state index contributed by atoms with van der Waals surface area (Å²) in [5.74, 6) is 2.65. The van der Waals surface area contributed by atoms with Crippen LogP contribution in [0.25, 0.3) is 16.7 Å². The lowest BCUT2D eigenvalue weighted by atomic mass is 10.3. The van der Waals surface area contributed by atoms with Crippen LogP contribution in [-0.2, 0) is 0 Å². The highest BCUT2D eigenvalue weighted by Crippen LogP contribution is 2.28. The van der Waals surface area contributed by atoms with E-state index in [2.05, 4.69) is 15.2 Å². The third kappa shape index (κ3) is 2.24. The summed E-state index contributed by atoms with van der Waals surface area (Å²) in [6.07, 6.45) is 0. The zero-order valence-electron chi connectivity index (χ0n) is 12.7. The number of methoxy groups -OCH3 is 1. The van der Waals surface area contributed by atoms with E-state index in [1.54, 1.807) is 7.11 Å². The zero-order chi connectivity index (χ0) is 15.8. The number of rotatable bonds is 3. The number of nitrogens with zero attached hydrogens (tertiary/aromatic N) is 4. The molecule has 2 aromatic heterocycles. The molecular formula is C17H14N4O2. The van der Waals surface area contributed by atoms with Crippen molar-refractivity contribution in [1.29, 1.82) is 0 Å². The summed E-state index contributed by atoms with van der Waals surface area (Å²) in [4.78, 5) is 4.58. The van der Waals surface area contributed by atoms with Crippen LogP contribution in [0, 0.1) is 6.92 Å². The van der Waals surface area contributed by atoms with Crippen LogP contribution in [0.3, 0.4) is 0 Å². The molecule has 0 N–H and O–H groups in total. The van der Waals surface area contributed by atoms with Crippen LogP contribution in [0.4, 0.5) is 0 Å². The second-order valence-electron chi connectivity index (χ2n) is 5.09. The lowest BCUT2D eigenvalue weighted by Crippen LogP contribution is -1.98. The van der Waals surface area contributed by atoms with Gasteiger partial charge in [0.15, 0.2) is 0 Å². The summed E-state index contributed by atoms with van der Waals surface area (Å²) in [5, 5.41) is 8.35. The molecule has 0 amide bonds. The number of para-hydroxylation sites is 2. The SMILES string of the molecule is COc1ccc(Oc2nc3ccccc3n3c(C)nnc23)cc1. The van der Waals surface area contributed by atoms with Gasteiger partial charge in [0.2, 0.25) is 5.65 Å². The average molecular weight is 306 g/mol. The van der Waals surface area contributed by atoms with Gasteiger partial charge >= 0.3 is 0 Å². The Morgan fingerprint density at radius 2 is 1.65 bits per heavy atom. The van der Waals surface area contributed by atoms with Crippen molar-refractivity contribution in [1.82, 2.24) is 19.6 Å². The van der Waals surface area contributed by atoms with E-state index in [-0.39, 0.29) is 0 Å². The number of hydrogen-bond donors (Lipinski definition) is 0. The van der Waals surface area contributed by atoms with Gasteiger partial charge in [0.25, 0.3) is 5.88 Å². The van der Waals surface area contributed by atoms with E-state index in [1.807, 2.05) is 59.9 Å². The third-order valence-corrected chi connectivity index (χ3v) is 3.63. The number of hydrogen-bond acceptors (Lipinski definition) is 5. The fourth-order valence-electron chi connectivity index (χ4n) is 2.52. The summed E-state index contributed by atoms with van der Waals surface area (Å²) in [6.45, 7) is 1.91. The quantitative estimate of drug-likeness (QED) is 0.580. The fourth-order valence-corrected chi connectivity index (χ4v) is 2.52. The molecule has 4 rings (SSSR count). The topological polar surface area (TPSA) is 61.5 Å². The van der Waals surface area contributed by atoms with Gasteiger partial charge in [-0.3, -0.25) is 4.40 Å². The Hall–Kier alpha value is -3.15. The van der Waals surface area contributed by atoms with Crippen molar-refractivity contribution in [2.24, 2.45) is 0 Å². The van der Waals surface area contributed by atoms with E-state index < -0.39 is 0 Å². The van der Waals surface area contributed by atoms with Gasteiger partial charge in [-0.1, -0.05) is 12.1 Å². The molecule has 0 radical (unpaired) electrons. The van der Waals surface area contributed by atoms with Crippen LogP contribution in [0.5, 0.6) is 17.4 Å². The van der Waals surface area contributed by atoms with Crippen LogP contribution in [-0.4, -0.2) is 26.7 Å². The minimum atomic E-state index is 0.425. The van der Waals surface area contributed by atoms with E-state index in [4.69, 9.17) is 9.47 Å². The van der Waals surface area contributed by atoms with Gasteiger partial charge in [0.05, 0.1) is 18.1 Å². The maximum Gasteiger partial charge on any atom is 0.266 e. The summed E-state index contributed by atoms with van der Waals surface area (Å²) < 4.78 is 13.0. The van der Waals surface area contributed by atoms with Gasteiger partial charge in [-0.25, -0.2) is 4.98 Å². The van der Waals surface area contributed by atoms with Gasteiger partial charge in [0.1, 0.15) is 17.3 Å². The predicted octanol–water partition coefficient (Wildman–Crippen LogP) is 3.39. The first-order valence-electron chi connectivity index (χ1n) is 7.18. The molecule has 2 aromatic carbocycles. The minimum Gasteiger partial charge on any atom is -0.497 e. The summed E-state index contributed by atoms with van der Waals surface area (Å²) >= 11 is 0. The van der Waals surface area contributed by atoms with Crippen LogP contribution < -0.4 is 9.47 Å². The molecule has 6 heteroatoms. The van der Waals surface area contributed by atoms with E-state index in [1.165, 1.54) is 0 Å². The molecule has 0 spiro atoms. The first-order valence-corrected chi connectivity index (χ1v) is 7.18. The molecule has 2 heterocycles. The average Bonchev–Trinajstić information content (AvgIpc) is 2.98. The molecule has 0 saturated heterocycles. The maximum absolute atomic E-state index is 5.92. The fraction of sp³-hybridized carbons (Fsp3) is 0.118. The standard InChI is InChI=1S/C17H14N4O2/c1-11-19-20-16-17(23-13-9-7-12(22-2)8-10-13)18-14-5-3-4-6-15(14)21(11)16/h3-10H,1-2H3. The van der Waals surface area contributed by atoms with Crippen molar-refractivity contribution < 1.29 is 9.47 Å². The van der Waals surface area contributed by atoms with Crippen molar-refractivity contribution in [2.75, 3.05) is 7.11 Å². The van der Waals surface area contributed by atoms with Crippen molar-refractivity contribution in [3.8, 4) is 17.4 Å². The van der Waals surface area contributed by atoms with Crippen molar-refractivity contribution in [3.05, 3.63) is 54.4 Å². The highest BCUT2D eigenvalue weighted by molar-refractivity contribution is 5.79. The van der Waals surface area contributed by atoms with Crippen molar-refractivity contribution in [2.45, 2.75) is 6.92 Å². The van der Waals surface area contributed by atoms with E-state index in [0.717, 1.165) is 22.6 Å². The molecule has 0 atom stereocenters. The van der Waals surface area contributed by atoms with Gasteiger partial charge in [-0.2, -0.15) is 0 Å². The molecule has 6 nitrogen and oxygen atoms in total. The second kappa shape index (κ2) is 5.24. The van der Waals surface area contributed by atoms with Gasteiger partial charge < -0.3 is 9.47 Å². The monoisotopic (exact) mass is 306 g/mol. The van der Waals surface area contributed by atoms with Gasteiger partial charge in [-0.15, -0.1) is 10.2 Å². The lowest BCUT2D eigenvalue weighted by Gasteiger charge is -2.09. The summed E-state index contributed by atoms with van der Waals surface area (Å²) in [6, 6.07) is 15.2. The smallest absolute Gasteiger partial charge is 0.266 e. The molecular weight excluding hydrogens is 292 g/mol. The molecule has 114 valence electrons. The number of benzene rings is 2. The van der Waals surface area contributed by atoms with Gasteiger partial charge in [0, 0.05) is 0 Å². The number of ether oxygens (including phenoxy) is 2. The second-order valence-corrected chi connectivity index (χ2v) is 5.09. The number of aryl methyl sites for hydroxylation is 1. The Labute approximate surface area is 132 Å². The zero-order valence-corrected chi connectivity index (χ0v) is 12.7. The van der Waals surface area contributed by atoms with E-state index >= 15 is 0 Å². The van der Waals surface area contributed by atoms with Gasteiger partial charge in [-0.05, 0) is 43.3 Å². The highest BCUT2D eigenvalue weighted by atomic mass is 16.5. The number of aromatic nitrogens is 4. The molecule has 23 heavy (non-hydrogen) atoms.